The molecule has 0 saturated heterocycles. The molecule has 0 spiro atoms. The quantitative estimate of drug-likeness (QED) is 0.0634. The Morgan fingerprint density at radius 2 is 0.257 bits per heavy atom. The zero-order valence-electron chi connectivity index (χ0n) is 83.7. The van der Waals surface area contributed by atoms with E-state index in [2.05, 4.69) is 610 Å². The highest BCUT2D eigenvalue weighted by Crippen LogP contribution is 2.64. The van der Waals surface area contributed by atoms with E-state index >= 15 is 0 Å². The molecular weight excluding hydrogens is 1780 g/mol. The van der Waals surface area contributed by atoms with Crippen LogP contribution in [0, 0.1) is 26.7 Å². The van der Waals surface area contributed by atoms with Gasteiger partial charge in [0, 0.05) is 17.8 Å². The molecule has 0 heterocycles. The van der Waals surface area contributed by atoms with E-state index in [9.17, 15) is 0 Å². The lowest BCUT2D eigenvalue weighted by Crippen LogP contribution is -2.22. The molecule has 0 heteroatoms. The van der Waals surface area contributed by atoms with Gasteiger partial charge in [-0.05, 0) is 260 Å². The molecular formula is C148H112. The Morgan fingerprint density at radius 1 is 0.115 bits per heavy atom. The van der Waals surface area contributed by atoms with Crippen molar-refractivity contribution in [2.24, 2.45) is 5.92 Å². The normalized spacial score (nSPS) is 14.5. The summed E-state index contributed by atoms with van der Waals surface area (Å²) in [5, 5.41) is 0. The fourth-order valence-corrected chi connectivity index (χ4v) is 23.6. The van der Waals surface area contributed by atoms with Gasteiger partial charge in [-0.3, -0.25) is 0 Å². The van der Waals surface area contributed by atoms with Crippen LogP contribution in [0.4, 0.5) is 0 Å². The minimum atomic E-state index is -0.0467. The van der Waals surface area contributed by atoms with Crippen LogP contribution in [0.3, 0.4) is 0 Å². The molecule has 2 aliphatic rings. The number of aryl methyl sites for hydroxylation is 2. The second-order valence-corrected chi connectivity index (χ2v) is 39.0. The summed E-state index contributed by atoms with van der Waals surface area (Å²) < 4.78 is 0. The van der Waals surface area contributed by atoms with Crippen molar-refractivity contribution in [3.05, 3.63) is 660 Å². The Bertz CT molecular complexity index is 8520. The largest absolute Gasteiger partial charge is 0.0622 e. The molecule has 22 aromatic rings. The summed E-state index contributed by atoms with van der Waals surface area (Å²) in [6, 6.07) is 215. The molecule has 0 radical (unpaired) electrons. The van der Waals surface area contributed by atoms with Gasteiger partial charge in [-0.2, -0.15) is 0 Å². The Hall–Kier alpha value is -18.2. The number of hydrogen-bond donors (Lipinski definition) is 0. The van der Waals surface area contributed by atoms with Crippen LogP contribution in [0.15, 0.2) is 582 Å². The summed E-state index contributed by atoms with van der Waals surface area (Å²) in [6.07, 6.45) is 0. The van der Waals surface area contributed by atoms with E-state index < -0.39 is 0 Å². The molecule has 0 aliphatic heterocycles. The Labute approximate surface area is 872 Å². The number of allylic oxidation sites excluding steroid dienone is 8. The highest BCUT2D eigenvalue weighted by atomic mass is 14.5. The lowest BCUT2D eigenvalue weighted by atomic mass is 9.61. The van der Waals surface area contributed by atoms with Crippen LogP contribution in [0.2, 0.25) is 0 Å². The van der Waals surface area contributed by atoms with Gasteiger partial charge in [0.15, 0.2) is 0 Å². The Morgan fingerprint density at radius 3 is 0.500 bits per heavy atom. The fourth-order valence-electron chi connectivity index (χ4n) is 23.6. The second kappa shape index (κ2) is 42.8. The van der Waals surface area contributed by atoms with Crippen molar-refractivity contribution < 1.29 is 0 Å². The standard InChI is InChI=1S/C74H58.C74H54/c2*1-51-43-45-61(46-44-51)73-70(58-37-21-8-22-38-58)69(57-35-19-7-20-36-57)71(59-39-23-9-24-40-59)74(72(73)60-41-25-10-26-42-60)63-49-47-62(48-50-63)67-65(54-29-13-4-14-30-54)52(2)64(53-27-11-3-12-28-53)66(55-31-15-5-16-32-55)68(67)56-33-17-6-18-34-56/h3-50,52,65,72-73H,1-2H3;3-50H,1-2H3. The van der Waals surface area contributed by atoms with Gasteiger partial charge in [0.25, 0.3) is 0 Å². The van der Waals surface area contributed by atoms with Crippen LogP contribution in [-0.2, 0) is 0 Å². The maximum Gasteiger partial charge on any atom is 0.0211 e. The third-order valence-corrected chi connectivity index (χ3v) is 30.0. The van der Waals surface area contributed by atoms with Crippen LogP contribution < -0.4 is 0 Å². The van der Waals surface area contributed by atoms with Crippen LogP contribution in [0.25, 0.3) is 167 Å². The van der Waals surface area contributed by atoms with Gasteiger partial charge in [0.1, 0.15) is 0 Å². The van der Waals surface area contributed by atoms with Crippen molar-refractivity contribution in [1.82, 2.24) is 0 Å². The van der Waals surface area contributed by atoms with Crippen LogP contribution >= 0.6 is 0 Å². The van der Waals surface area contributed by atoms with E-state index in [-0.39, 0.29) is 23.7 Å². The van der Waals surface area contributed by atoms with Gasteiger partial charge in [-0.1, -0.05) is 600 Å². The van der Waals surface area contributed by atoms with Gasteiger partial charge >= 0.3 is 0 Å². The molecule has 0 fully saturated rings. The van der Waals surface area contributed by atoms with E-state index in [1.807, 2.05) is 0 Å². The van der Waals surface area contributed by atoms with E-state index in [4.69, 9.17) is 0 Å². The summed E-state index contributed by atoms with van der Waals surface area (Å²) in [5.74, 6) is 0.115. The molecule has 22 aromatic carbocycles. The van der Waals surface area contributed by atoms with Gasteiger partial charge < -0.3 is 0 Å². The van der Waals surface area contributed by atoms with Crippen molar-refractivity contribution >= 4 is 44.6 Å². The first-order valence-corrected chi connectivity index (χ1v) is 51.9. The van der Waals surface area contributed by atoms with E-state index in [1.165, 1.54) is 223 Å². The highest BCUT2D eigenvalue weighted by Gasteiger charge is 2.44. The van der Waals surface area contributed by atoms with E-state index in [0.29, 0.717) is 0 Å². The van der Waals surface area contributed by atoms with Gasteiger partial charge in [0.05, 0.1) is 0 Å². The van der Waals surface area contributed by atoms with Crippen molar-refractivity contribution in [2.75, 3.05) is 0 Å². The predicted octanol–water partition coefficient (Wildman–Crippen LogP) is 39.7. The second-order valence-electron chi connectivity index (χ2n) is 39.0. The van der Waals surface area contributed by atoms with Crippen molar-refractivity contribution in [2.45, 2.75) is 45.4 Å². The molecule has 704 valence electrons. The first kappa shape index (κ1) is 93.4. The molecule has 0 aromatic heterocycles. The third-order valence-electron chi connectivity index (χ3n) is 30.0. The lowest BCUT2D eigenvalue weighted by molar-refractivity contribution is 0.671. The summed E-state index contributed by atoms with van der Waals surface area (Å²) in [4.78, 5) is 0. The third kappa shape index (κ3) is 18.4. The topological polar surface area (TPSA) is 0 Å². The maximum atomic E-state index is 2.45. The molecule has 0 saturated carbocycles. The number of hydrogen-bond acceptors (Lipinski definition) is 0. The van der Waals surface area contributed by atoms with Crippen LogP contribution in [0.5, 0.6) is 0 Å². The Balaban J connectivity index is 0.000000163. The summed E-state index contributed by atoms with van der Waals surface area (Å²) in [7, 11) is 0. The van der Waals surface area contributed by atoms with Gasteiger partial charge in [0.2, 0.25) is 0 Å². The maximum absolute atomic E-state index is 2.45. The molecule has 148 heavy (non-hydrogen) atoms. The van der Waals surface area contributed by atoms with E-state index in [0.717, 1.165) is 22.3 Å². The molecule has 4 unspecified atom stereocenters. The predicted molar refractivity (Wildman–Crippen MR) is 630 cm³/mol. The first-order valence-electron chi connectivity index (χ1n) is 51.9. The minimum absolute atomic E-state index is 0.0261. The van der Waals surface area contributed by atoms with Crippen LogP contribution in [0.1, 0.15) is 103 Å². The fraction of sp³-hybridized carbons (Fsp3) is 0.0541. The smallest absolute Gasteiger partial charge is 0.0211 e. The van der Waals surface area contributed by atoms with Gasteiger partial charge in [-0.15, -0.1) is 0 Å². The molecule has 2 aliphatic carbocycles. The first-order chi connectivity index (χ1) is 73.2. The average Bonchev–Trinajstić information content (AvgIpc) is 0.719. The van der Waals surface area contributed by atoms with Gasteiger partial charge in [-0.25, -0.2) is 0 Å². The molecule has 0 amide bonds. The Kier molecular flexibility index (Phi) is 27.0. The molecule has 4 atom stereocenters. The molecule has 0 nitrogen and oxygen atoms in total. The van der Waals surface area contributed by atoms with Crippen LogP contribution in [-0.4, -0.2) is 0 Å². The number of rotatable bonds is 22. The zero-order chi connectivity index (χ0) is 99.6. The molecule has 0 bridgehead atoms. The number of benzene rings is 22. The molecule has 24 rings (SSSR count). The lowest BCUT2D eigenvalue weighted by Gasteiger charge is -2.41. The molecule has 0 N–H and O–H groups in total. The summed E-state index contributed by atoms with van der Waals surface area (Å²) in [5.41, 5.74) is 54.0. The monoisotopic (exact) mass is 1890 g/mol. The van der Waals surface area contributed by atoms with E-state index in [1.54, 1.807) is 0 Å². The van der Waals surface area contributed by atoms with Crippen molar-refractivity contribution in [3.63, 3.8) is 0 Å². The average molecular weight is 1890 g/mol. The van der Waals surface area contributed by atoms with Crippen molar-refractivity contribution in [1.29, 1.82) is 0 Å². The highest BCUT2D eigenvalue weighted by molar-refractivity contribution is 6.27. The SMILES string of the molecule is Cc1ccc(-c2c(-c3ccccc3)c(-c3ccccc3)c(-c3ccccc3)c(-c3ccc(-c4c(-c5ccccc5)c(C)c(-c5ccccc5)c(-c5ccccc5)c4-c4ccccc4)cc3)c2-c2ccccc2)cc1.Cc1ccc(C2C(c3ccccc3)=C(c3ccccc3)C(c3ccccc3)=C(c3ccc(C4=C(c5ccccc5)C(c5ccccc5)=C(c5ccccc5)C(C)C4c4ccccc4)cc3)C2c2ccccc2)cc1. The zero-order valence-corrected chi connectivity index (χ0v) is 83.7. The summed E-state index contributed by atoms with van der Waals surface area (Å²) >= 11 is 0. The summed E-state index contributed by atoms with van der Waals surface area (Å²) in [6.45, 7) is 9.15. The minimum Gasteiger partial charge on any atom is -0.0622 e. The van der Waals surface area contributed by atoms with Crippen molar-refractivity contribution in [3.8, 4) is 122 Å².